The van der Waals surface area contributed by atoms with Crippen LogP contribution in [0.5, 0.6) is 0 Å². The molecule has 86 valence electrons. The largest absolute Gasteiger partial charge is 0.212 e. The highest BCUT2D eigenvalue weighted by Crippen LogP contribution is 2.27. The monoisotopic (exact) mass is 264 g/mol. The summed E-state index contributed by atoms with van der Waals surface area (Å²) in [6.07, 6.45) is 0. The van der Waals surface area contributed by atoms with E-state index in [2.05, 4.69) is 37.1 Å². The van der Waals surface area contributed by atoms with Crippen LogP contribution in [0.3, 0.4) is 0 Å². The minimum absolute atomic E-state index is 0.0490. The molecule has 1 aromatic rings. The second-order valence-electron chi connectivity index (χ2n) is 4.70. The fraction of sp³-hybridized carbons (Fsp3) is 0.800. The predicted octanol–water partition coefficient (Wildman–Crippen LogP) is 3.80. The van der Waals surface area contributed by atoms with E-state index >= 15 is 0 Å². The summed E-state index contributed by atoms with van der Waals surface area (Å²) >= 11 is 8.99. The summed E-state index contributed by atoms with van der Waals surface area (Å²) in [5.41, 5.74) is 0.0490. The van der Waals surface area contributed by atoms with E-state index < -0.39 is 0 Å². The third-order valence-corrected chi connectivity index (χ3v) is 4.52. The van der Waals surface area contributed by atoms with Gasteiger partial charge in [-0.3, -0.25) is 0 Å². The lowest BCUT2D eigenvalue weighted by Gasteiger charge is -2.12. The smallest absolute Gasteiger partial charge is 0.170 e. The van der Waals surface area contributed by atoms with Crippen LogP contribution in [0.4, 0.5) is 0 Å². The molecule has 1 heterocycles. The lowest BCUT2D eigenvalue weighted by molar-refractivity contribution is 0.551. The molecule has 0 saturated carbocycles. The van der Waals surface area contributed by atoms with Gasteiger partial charge < -0.3 is 0 Å². The zero-order valence-corrected chi connectivity index (χ0v) is 12.0. The van der Waals surface area contributed by atoms with Crippen LogP contribution in [0, 0.1) is 5.92 Å². The van der Waals surface area contributed by atoms with Crippen molar-refractivity contribution in [2.75, 3.05) is 11.6 Å². The lowest BCUT2D eigenvalue weighted by atomic mass is 9.96. The van der Waals surface area contributed by atoms with Gasteiger partial charge in [-0.2, -0.15) is 4.37 Å². The van der Waals surface area contributed by atoms with Crippen molar-refractivity contribution in [3.63, 3.8) is 0 Å². The quantitative estimate of drug-likeness (QED) is 0.611. The van der Waals surface area contributed by atoms with Gasteiger partial charge in [-0.05, 0) is 17.5 Å². The van der Waals surface area contributed by atoms with E-state index in [1.165, 1.54) is 11.5 Å². The topological polar surface area (TPSA) is 25.8 Å². The van der Waals surface area contributed by atoms with Crippen LogP contribution in [-0.2, 0) is 5.41 Å². The number of thioether (sulfide) groups is 1. The number of aromatic nitrogens is 2. The Kier molecular flexibility index (Phi) is 4.87. The summed E-state index contributed by atoms with van der Waals surface area (Å²) in [4.78, 5) is 4.52. The number of hydrogen-bond donors (Lipinski definition) is 0. The van der Waals surface area contributed by atoms with E-state index in [1.54, 1.807) is 11.8 Å². The highest BCUT2D eigenvalue weighted by Gasteiger charge is 2.19. The molecule has 1 rings (SSSR count). The summed E-state index contributed by atoms with van der Waals surface area (Å²) in [5.74, 6) is 3.19. The minimum atomic E-state index is 0.0490. The third kappa shape index (κ3) is 4.29. The van der Waals surface area contributed by atoms with Gasteiger partial charge in [0.1, 0.15) is 5.82 Å². The maximum absolute atomic E-state index is 5.75. The molecule has 2 nitrogen and oxygen atoms in total. The first kappa shape index (κ1) is 13.3. The molecule has 15 heavy (non-hydrogen) atoms. The summed E-state index contributed by atoms with van der Waals surface area (Å²) in [5, 5.41) is 0. The van der Waals surface area contributed by atoms with E-state index in [1.807, 2.05) is 0 Å². The average molecular weight is 265 g/mol. The molecule has 0 spiro atoms. The minimum Gasteiger partial charge on any atom is -0.212 e. The molecular weight excluding hydrogens is 248 g/mol. The first-order valence-electron chi connectivity index (χ1n) is 4.96. The van der Waals surface area contributed by atoms with Crippen molar-refractivity contribution >= 4 is 34.9 Å². The first-order chi connectivity index (χ1) is 6.93. The van der Waals surface area contributed by atoms with E-state index in [0.29, 0.717) is 11.8 Å². The lowest BCUT2D eigenvalue weighted by Crippen LogP contribution is -2.13. The molecule has 0 amide bonds. The SMILES string of the molecule is CC(CCl)CSc1nc(C(C)(C)C)ns1. The van der Waals surface area contributed by atoms with Gasteiger partial charge in [0, 0.05) is 17.0 Å². The normalized spacial score (nSPS) is 14.2. The summed E-state index contributed by atoms with van der Waals surface area (Å²) in [6.45, 7) is 8.53. The molecule has 1 aromatic heterocycles. The molecule has 0 aliphatic carbocycles. The van der Waals surface area contributed by atoms with Crippen LogP contribution in [0.15, 0.2) is 4.34 Å². The number of alkyl halides is 1. The van der Waals surface area contributed by atoms with Crippen molar-refractivity contribution in [2.24, 2.45) is 5.92 Å². The van der Waals surface area contributed by atoms with Crippen LogP contribution in [0.25, 0.3) is 0 Å². The van der Waals surface area contributed by atoms with Crippen molar-refractivity contribution < 1.29 is 0 Å². The van der Waals surface area contributed by atoms with Gasteiger partial charge >= 0.3 is 0 Å². The highest BCUT2D eigenvalue weighted by atomic mass is 35.5. The van der Waals surface area contributed by atoms with Crippen molar-refractivity contribution in [2.45, 2.75) is 37.4 Å². The Morgan fingerprint density at radius 1 is 1.47 bits per heavy atom. The standard InChI is InChI=1S/C10H17ClN2S2/c1-7(5-11)6-14-9-12-8(13-15-9)10(2,3)4/h7H,5-6H2,1-4H3. The van der Waals surface area contributed by atoms with E-state index in [-0.39, 0.29) is 5.41 Å². The van der Waals surface area contributed by atoms with Gasteiger partial charge in [0.2, 0.25) is 0 Å². The van der Waals surface area contributed by atoms with Crippen LogP contribution < -0.4 is 0 Å². The van der Waals surface area contributed by atoms with Crippen molar-refractivity contribution in [1.82, 2.24) is 9.36 Å². The number of nitrogens with zero attached hydrogens (tertiary/aromatic N) is 2. The molecule has 0 N–H and O–H groups in total. The predicted molar refractivity (Wildman–Crippen MR) is 69.2 cm³/mol. The Hall–Kier alpha value is 0.200. The Morgan fingerprint density at radius 2 is 2.13 bits per heavy atom. The molecule has 1 atom stereocenters. The van der Waals surface area contributed by atoms with Crippen LogP contribution in [0.1, 0.15) is 33.5 Å². The Morgan fingerprint density at radius 3 is 2.60 bits per heavy atom. The molecular formula is C10H17ClN2S2. The van der Waals surface area contributed by atoms with Gasteiger partial charge in [0.25, 0.3) is 0 Å². The van der Waals surface area contributed by atoms with Crippen LogP contribution in [-0.4, -0.2) is 21.0 Å². The molecule has 0 aromatic carbocycles. The third-order valence-electron chi connectivity index (χ3n) is 1.83. The molecule has 5 heteroatoms. The summed E-state index contributed by atoms with van der Waals surface area (Å²) in [7, 11) is 0. The van der Waals surface area contributed by atoms with Crippen molar-refractivity contribution in [3.05, 3.63) is 5.82 Å². The Labute approximate surface area is 105 Å². The number of halogens is 1. The van der Waals surface area contributed by atoms with Gasteiger partial charge in [0.05, 0.1) is 0 Å². The van der Waals surface area contributed by atoms with Crippen LogP contribution in [0.2, 0.25) is 0 Å². The maximum Gasteiger partial charge on any atom is 0.170 e. The van der Waals surface area contributed by atoms with Crippen molar-refractivity contribution in [1.29, 1.82) is 0 Å². The fourth-order valence-electron chi connectivity index (χ4n) is 0.831. The number of hydrogen-bond acceptors (Lipinski definition) is 4. The second kappa shape index (κ2) is 5.51. The van der Waals surface area contributed by atoms with Crippen molar-refractivity contribution in [3.8, 4) is 0 Å². The van der Waals surface area contributed by atoms with E-state index in [4.69, 9.17) is 11.6 Å². The molecule has 0 radical (unpaired) electrons. The molecule has 0 bridgehead atoms. The average Bonchev–Trinajstić information content (AvgIpc) is 2.61. The first-order valence-corrected chi connectivity index (χ1v) is 7.25. The second-order valence-corrected chi connectivity index (χ2v) is 7.03. The summed E-state index contributed by atoms with van der Waals surface area (Å²) in [6, 6.07) is 0. The van der Waals surface area contributed by atoms with Crippen LogP contribution >= 0.6 is 34.9 Å². The number of rotatable bonds is 4. The van der Waals surface area contributed by atoms with E-state index in [0.717, 1.165) is 15.9 Å². The highest BCUT2D eigenvalue weighted by molar-refractivity contribution is 8.00. The fourth-order valence-corrected chi connectivity index (χ4v) is 2.90. The Balaban J connectivity index is 2.54. The molecule has 0 aliphatic rings. The molecule has 0 aliphatic heterocycles. The zero-order valence-electron chi connectivity index (χ0n) is 9.58. The Bertz CT molecular complexity index is 307. The summed E-state index contributed by atoms with van der Waals surface area (Å²) < 4.78 is 5.42. The van der Waals surface area contributed by atoms with Gasteiger partial charge in [-0.1, -0.05) is 39.5 Å². The molecule has 0 saturated heterocycles. The zero-order chi connectivity index (χ0) is 11.5. The molecule has 0 fully saturated rings. The molecule has 1 unspecified atom stereocenters. The van der Waals surface area contributed by atoms with Gasteiger partial charge in [-0.25, -0.2) is 4.98 Å². The van der Waals surface area contributed by atoms with Gasteiger partial charge in [-0.15, -0.1) is 11.6 Å². The maximum atomic E-state index is 5.75. The van der Waals surface area contributed by atoms with Gasteiger partial charge in [0.15, 0.2) is 4.34 Å². The van der Waals surface area contributed by atoms with E-state index in [9.17, 15) is 0 Å².